The van der Waals surface area contributed by atoms with Crippen LogP contribution in [0.2, 0.25) is 0 Å². The van der Waals surface area contributed by atoms with Crippen LogP contribution in [0.25, 0.3) is 6.08 Å². The molecule has 2 N–H and O–H groups in total. The zero-order valence-corrected chi connectivity index (χ0v) is 13.4. The predicted octanol–water partition coefficient (Wildman–Crippen LogP) is 2.98. The molecule has 0 spiro atoms. The summed E-state index contributed by atoms with van der Waals surface area (Å²) >= 11 is 0. The van der Waals surface area contributed by atoms with Gasteiger partial charge in [-0.3, -0.25) is 4.98 Å². The van der Waals surface area contributed by atoms with Crippen LogP contribution in [-0.2, 0) is 16.1 Å². The summed E-state index contributed by atoms with van der Waals surface area (Å²) in [7, 11) is 0. The van der Waals surface area contributed by atoms with E-state index in [0.29, 0.717) is 18.8 Å². The molecule has 0 atom stereocenters. The molecule has 2 aromatic rings. The van der Waals surface area contributed by atoms with Gasteiger partial charge in [0.25, 0.3) is 0 Å². The van der Waals surface area contributed by atoms with Crippen molar-refractivity contribution in [2.45, 2.75) is 13.5 Å². The molecule has 0 bridgehead atoms. The number of carbonyl (C=O) groups is 2. The first-order valence-corrected chi connectivity index (χ1v) is 7.57. The number of benzene rings is 1. The molecule has 0 aliphatic rings. The summed E-state index contributed by atoms with van der Waals surface area (Å²) < 4.78 is 4.81. The van der Waals surface area contributed by atoms with E-state index in [1.807, 2.05) is 18.2 Å². The minimum absolute atomic E-state index is 0.310. The summed E-state index contributed by atoms with van der Waals surface area (Å²) in [5.74, 6) is -0.381. The highest BCUT2D eigenvalue weighted by Gasteiger charge is 2.02. The van der Waals surface area contributed by atoms with E-state index in [1.165, 1.54) is 6.08 Å². The van der Waals surface area contributed by atoms with Gasteiger partial charge in [-0.15, -0.1) is 0 Å². The van der Waals surface area contributed by atoms with Crippen molar-refractivity contribution < 1.29 is 14.3 Å². The Bertz CT molecular complexity index is 697. The quantitative estimate of drug-likeness (QED) is 0.632. The number of ether oxygens (including phenoxy) is 1. The molecule has 6 heteroatoms. The maximum atomic E-state index is 11.8. The molecule has 0 saturated heterocycles. The van der Waals surface area contributed by atoms with E-state index >= 15 is 0 Å². The first-order chi connectivity index (χ1) is 11.7. The average molecular weight is 325 g/mol. The molecule has 1 heterocycles. The molecular weight excluding hydrogens is 306 g/mol. The molecule has 1 aromatic carbocycles. The van der Waals surface area contributed by atoms with Gasteiger partial charge in [0, 0.05) is 18.0 Å². The van der Waals surface area contributed by atoms with Gasteiger partial charge in [-0.25, -0.2) is 9.59 Å². The normalized spacial score (nSPS) is 10.4. The van der Waals surface area contributed by atoms with Gasteiger partial charge in [0.1, 0.15) is 0 Å². The number of hydrogen-bond acceptors (Lipinski definition) is 4. The highest BCUT2D eigenvalue weighted by atomic mass is 16.5. The second-order valence-electron chi connectivity index (χ2n) is 4.84. The van der Waals surface area contributed by atoms with Crippen LogP contribution in [0.1, 0.15) is 18.2 Å². The topological polar surface area (TPSA) is 80.3 Å². The van der Waals surface area contributed by atoms with Crippen LogP contribution in [0, 0.1) is 0 Å². The van der Waals surface area contributed by atoms with Crippen LogP contribution in [0.4, 0.5) is 10.5 Å². The first kappa shape index (κ1) is 17.2. The summed E-state index contributed by atoms with van der Waals surface area (Å²) in [6.45, 7) is 2.46. The Morgan fingerprint density at radius 1 is 1.17 bits per heavy atom. The fourth-order valence-electron chi connectivity index (χ4n) is 1.88. The summed E-state index contributed by atoms with van der Waals surface area (Å²) in [6.07, 6.45) is 4.70. The van der Waals surface area contributed by atoms with Crippen LogP contribution in [-0.4, -0.2) is 23.6 Å². The van der Waals surface area contributed by atoms with Crippen molar-refractivity contribution in [3.63, 3.8) is 0 Å². The lowest BCUT2D eigenvalue weighted by atomic mass is 10.2. The molecule has 24 heavy (non-hydrogen) atoms. The third-order valence-corrected chi connectivity index (χ3v) is 3.02. The van der Waals surface area contributed by atoms with Crippen molar-refractivity contribution in [1.29, 1.82) is 0 Å². The van der Waals surface area contributed by atoms with Crippen molar-refractivity contribution in [2.24, 2.45) is 0 Å². The van der Waals surface area contributed by atoms with Crippen molar-refractivity contribution in [2.75, 3.05) is 11.9 Å². The Morgan fingerprint density at radius 3 is 2.62 bits per heavy atom. The Morgan fingerprint density at radius 2 is 1.96 bits per heavy atom. The van der Waals surface area contributed by atoms with E-state index in [-0.39, 0.29) is 12.0 Å². The monoisotopic (exact) mass is 325 g/mol. The maximum Gasteiger partial charge on any atom is 0.330 e. The number of aromatic nitrogens is 1. The molecular formula is C18H19N3O3. The Hall–Kier alpha value is -3.15. The van der Waals surface area contributed by atoms with Gasteiger partial charge in [-0.2, -0.15) is 0 Å². The zero-order chi connectivity index (χ0) is 17.2. The molecule has 0 unspecified atom stereocenters. The number of carbonyl (C=O) groups excluding carboxylic acids is 2. The molecule has 2 amide bonds. The van der Waals surface area contributed by atoms with Crippen LogP contribution < -0.4 is 10.6 Å². The number of anilines is 1. The highest BCUT2D eigenvalue weighted by molar-refractivity contribution is 5.89. The van der Waals surface area contributed by atoms with Gasteiger partial charge in [0.15, 0.2) is 0 Å². The molecule has 6 nitrogen and oxygen atoms in total. The summed E-state index contributed by atoms with van der Waals surface area (Å²) in [5, 5.41) is 5.46. The summed E-state index contributed by atoms with van der Waals surface area (Å²) in [4.78, 5) is 27.2. The van der Waals surface area contributed by atoms with Crippen LogP contribution in [0.5, 0.6) is 0 Å². The number of nitrogens with one attached hydrogen (secondary N) is 2. The Balaban J connectivity index is 1.82. The number of amides is 2. The third-order valence-electron chi connectivity index (χ3n) is 3.02. The second-order valence-corrected chi connectivity index (χ2v) is 4.84. The smallest absolute Gasteiger partial charge is 0.330 e. The fraction of sp³-hybridized carbons (Fsp3) is 0.167. The zero-order valence-electron chi connectivity index (χ0n) is 13.4. The molecule has 0 fully saturated rings. The minimum atomic E-state index is -0.381. The maximum absolute atomic E-state index is 11.8. The standard InChI is InChI=1S/C18H19N3O3/c1-2-24-17(22)11-8-14-6-9-15(10-7-14)21-18(23)20-13-16-5-3-4-12-19-16/h3-12H,2,13H2,1H3,(H2,20,21,23)/b11-8+. The highest BCUT2D eigenvalue weighted by Crippen LogP contribution is 2.11. The SMILES string of the molecule is CCOC(=O)/C=C/c1ccc(NC(=O)NCc2ccccn2)cc1. The third kappa shape index (κ3) is 5.92. The van der Waals surface area contributed by atoms with E-state index in [9.17, 15) is 9.59 Å². The molecule has 0 saturated carbocycles. The van der Waals surface area contributed by atoms with Crippen molar-refractivity contribution >= 4 is 23.8 Å². The predicted molar refractivity (Wildman–Crippen MR) is 92.2 cm³/mol. The van der Waals surface area contributed by atoms with E-state index < -0.39 is 0 Å². The summed E-state index contributed by atoms with van der Waals surface area (Å²) in [5.41, 5.74) is 2.27. The van der Waals surface area contributed by atoms with E-state index in [4.69, 9.17) is 4.74 Å². The van der Waals surface area contributed by atoms with Crippen molar-refractivity contribution in [3.8, 4) is 0 Å². The fourth-order valence-corrected chi connectivity index (χ4v) is 1.88. The van der Waals surface area contributed by atoms with E-state index in [0.717, 1.165) is 11.3 Å². The van der Waals surface area contributed by atoms with E-state index in [1.54, 1.807) is 43.5 Å². The number of urea groups is 1. The number of pyridine rings is 1. The lowest BCUT2D eigenvalue weighted by molar-refractivity contribution is -0.137. The first-order valence-electron chi connectivity index (χ1n) is 7.57. The van der Waals surface area contributed by atoms with Crippen LogP contribution in [0.3, 0.4) is 0 Å². The van der Waals surface area contributed by atoms with Crippen molar-refractivity contribution in [3.05, 3.63) is 66.0 Å². The number of hydrogen-bond donors (Lipinski definition) is 2. The number of rotatable bonds is 6. The number of nitrogens with zero attached hydrogens (tertiary/aromatic N) is 1. The van der Waals surface area contributed by atoms with Crippen LogP contribution in [0.15, 0.2) is 54.7 Å². The van der Waals surface area contributed by atoms with Gasteiger partial charge in [0.05, 0.1) is 18.8 Å². The van der Waals surface area contributed by atoms with Gasteiger partial charge < -0.3 is 15.4 Å². The Labute approximate surface area is 140 Å². The summed E-state index contributed by atoms with van der Waals surface area (Å²) in [6, 6.07) is 12.3. The van der Waals surface area contributed by atoms with Crippen molar-refractivity contribution in [1.82, 2.24) is 10.3 Å². The largest absolute Gasteiger partial charge is 0.463 e. The van der Waals surface area contributed by atoms with Gasteiger partial charge in [-0.05, 0) is 42.8 Å². The average Bonchev–Trinajstić information content (AvgIpc) is 2.60. The molecule has 2 rings (SSSR count). The van der Waals surface area contributed by atoms with Gasteiger partial charge >= 0.3 is 12.0 Å². The van der Waals surface area contributed by atoms with Gasteiger partial charge in [0.2, 0.25) is 0 Å². The Kier molecular flexibility index (Phi) is 6.52. The molecule has 0 radical (unpaired) electrons. The molecule has 0 aliphatic heterocycles. The molecule has 1 aromatic heterocycles. The minimum Gasteiger partial charge on any atom is -0.463 e. The number of esters is 1. The second kappa shape index (κ2) is 9.09. The molecule has 0 aliphatic carbocycles. The lowest BCUT2D eigenvalue weighted by Crippen LogP contribution is -2.28. The lowest BCUT2D eigenvalue weighted by Gasteiger charge is -2.07. The molecule has 124 valence electrons. The van der Waals surface area contributed by atoms with Crippen LogP contribution >= 0.6 is 0 Å². The van der Waals surface area contributed by atoms with E-state index in [2.05, 4.69) is 15.6 Å². The van der Waals surface area contributed by atoms with Gasteiger partial charge in [-0.1, -0.05) is 18.2 Å².